The van der Waals surface area contributed by atoms with E-state index < -0.39 is 0 Å². The SMILES string of the molecule is CN(C)c1ccc(/C=C/c2n(/N=C/c3ccc(N(C)C)cc3)cc[n+]2/N=C/c2ccc(N(C)C)cc2)cc1. The summed E-state index contributed by atoms with van der Waals surface area (Å²) in [6.45, 7) is 0. The van der Waals surface area contributed by atoms with E-state index in [1.54, 1.807) is 0 Å². The fourth-order valence-electron chi connectivity index (χ4n) is 3.76. The number of hydrogen-bond acceptors (Lipinski definition) is 5. The first-order valence-corrected chi connectivity index (χ1v) is 12.5. The highest BCUT2D eigenvalue weighted by Crippen LogP contribution is 2.15. The summed E-state index contributed by atoms with van der Waals surface area (Å²) in [5.41, 5.74) is 6.61. The van der Waals surface area contributed by atoms with Crippen molar-refractivity contribution in [1.29, 1.82) is 0 Å². The van der Waals surface area contributed by atoms with Crippen LogP contribution >= 0.6 is 0 Å². The third-order valence-electron chi connectivity index (χ3n) is 6.13. The van der Waals surface area contributed by atoms with Crippen molar-refractivity contribution in [2.75, 3.05) is 57.0 Å². The molecule has 0 unspecified atom stereocenters. The van der Waals surface area contributed by atoms with Gasteiger partial charge < -0.3 is 14.7 Å². The molecule has 38 heavy (non-hydrogen) atoms. The fraction of sp³-hybridized carbons (Fsp3) is 0.194. The zero-order chi connectivity index (χ0) is 27.1. The molecule has 0 radical (unpaired) electrons. The van der Waals surface area contributed by atoms with E-state index in [4.69, 9.17) is 10.2 Å². The van der Waals surface area contributed by atoms with Gasteiger partial charge in [-0.05, 0) is 59.2 Å². The van der Waals surface area contributed by atoms with Gasteiger partial charge in [-0.1, -0.05) is 56.0 Å². The standard InChI is InChI=1S/C31H36N7/c1-34(2)28-14-7-25(8-15-28)13-20-31-37(32-23-26-9-16-29(17-10-26)35(3)4)21-22-38(31)33-24-27-11-18-30(19-12-27)36(5)6/h7-24H,1-6H3/q+1/b32-23+,33-24+. The zero-order valence-corrected chi connectivity index (χ0v) is 23.0. The highest BCUT2D eigenvalue weighted by atomic mass is 15.5. The van der Waals surface area contributed by atoms with Crippen LogP contribution in [0.1, 0.15) is 22.5 Å². The molecular weight excluding hydrogens is 470 g/mol. The Hall–Kier alpha value is -4.65. The smallest absolute Gasteiger partial charge is 0.332 e. The zero-order valence-electron chi connectivity index (χ0n) is 23.0. The molecule has 3 aromatic carbocycles. The van der Waals surface area contributed by atoms with Gasteiger partial charge in [0.1, 0.15) is 0 Å². The average Bonchev–Trinajstić information content (AvgIpc) is 3.31. The molecule has 0 aliphatic heterocycles. The van der Waals surface area contributed by atoms with Crippen LogP contribution in [-0.2, 0) is 0 Å². The first-order chi connectivity index (χ1) is 18.3. The van der Waals surface area contributed by atoms with Crippen molar-refractivity contribution in [3.63, 3.8) is 0 Å². The minimum Gasteiger partial charge on any atom is -0.378 e. The molecule has 0 fully saturated rings. The van der Waals surface area contributed by atoms with Gasteiger partial charge in [-0.15, -0.1) is 0 Å². The van der Waals surface area contributed by atoms with Gasteiger partial charge in [0, 0.05) is 65.4 Å². The second-order valence-electron chi connectivity index (χ2n) is 9.63. The number of rotatable bonds is 9. The number of nitrogens with zero attached hydrogens (tertiary/aromatic N) is 7. The molecule has 7 nitrogen and oxygen atoms in total. The Labute approximate surface area is 225 Å². The Bertz CT molecular complexity index is 1330. The van der Waals surface area contributed by atoms with Gasteiger partial charge in [0.15, 0.2) is 12.4 Å². The number of imidazole rings is 1. The summed E-state index contributed by atoms with van der Waals surface area (Å²) in [5.74, 6) is 0.823. The van der Waals surface area contributed by atoms with Gasteiger partial charge in [0.25, 0.3) is 0 Å². The number of aromatic nitrogens is 2. The Morgan fingerprint density at radius 3 is 1.50 bits per heavy atom. The molecule has 0 bridgehead atoms. The third-order valence-corrected chi connectivity index (χ3v) is 6.13. The molecule has 7 heteroatoms. The minimum atomic E-state index is 0.823. The highest BCUT2D eigenvalue weighted by Gasteiger charge is 2.14. The summed E-state index contributed by atoms with van der Waals surface area (Å²) < 4.78 is 3.66. The number of anilines is 3. The summed E-state index contributed by atoms with van der Waals surface area (Å²) in [4.78, 5) is 6.25. The summed E-state index contributed by atoms with van der Waals surface area (Å²) in [7, 11) is 12.2. The van der Waals surface area contributed by atoms with Crippen LogP contribution in [0.5, 0.6) is 0 Å². The predicted molar refractivity (Wildman–Crippen MR) is 162 cm³/mol. The second-order valence-corrected chi connectivity index (χ2v) is 9.63. The lowest BCUT2D eigenvalue weighted by molar-refractivity contribution is -0.679. The predicted octanol–water partition coefficient (Wildman–Crippen LogP) is 4.91. The van der Waals surface area contributed by atoms with Gasteiger partial charge in [-0.3, -0.25) is 0 Å². The number of hydrogen-bond donors (Lipinski definition) is 0. The maximum atomic E-state index is 4.73. The Morgan fingerprint density at radius 2 is 1.03 bits per heavy atom. The molecule has 0 spiro atoms. The van der Waals surface area contributed by atoms with E-state index in [1.165, 1.54) is 0 Å². The first-order valence-electron chi connectivity index (χ1n) is 12.5. The van der Waals surface area contributed by atoms with Crippen molar-refractivity contribution in [3.8, 4) is 0 Å². The lowest BCUT2D eigenvalue weighted by Gasteiger charge is -2.11. The molecule has 0 aliphatic rings. The van der Waals surface area contributed by atoms with E-state index in [2.05, 4.69) is 93.6 Å². The Morgan fingerprint density at radius 1 is 0.579 bits per heavy atom. The van der Waals surface area contributed by atoms with Gasteiger partial charge in [0.2, 0.25) is 0 Å². The van der Waals surface area contributed by atoms with Crippen molar-refractivity contribution >= 4 is 41.6 Å². The topological polar surface area (TPSA) is 43.3 Å². The molecule has 1 aromatic heterocycles. The van der Waals surface area contributed by atoms with Crippen LogP contribution in [0.25, 0.3) is 12.2 Å². The van der Waals surface area contributed by atoms with E-state index in [9.17, 15) is 0 Å². The highest BCUT2D eigenvalue weighted by molar-refractivity contribution is 5.81. The quantitative estimate of drug-likeness (QED) is 0.239. The van der Waals surface area contributed by atoms with Crippen molar-refractivity contribution in [2.45, 2.75) is 0 Å². The first kappa shape index (κ1) is 26.4. The molecule has 0 atom stereocenters. The fourth-order valence-corrected chi connectivity index (χ4v) is 3.76. The van der Waals surface area contributed by atoms with Gasteiger partial charge in [-0.2, -0.15) is 0 Å². The molecule has 0 N–H and O–H groups in total. The van der Waals surface area contributed by atoms with E-state index in [0.717, 1.165) is 39.6 Å². The van der Waals surface area contributed by atoms with Crippen LogP contribution in [0, 0.1) is 0 Å². The molecule has 0 amide bonds. The minimum absolute atomic E-state index is 0.823. The second kappa shape index (κ2) is 12.1. The van der Waals surface area contributed by atoms with Crippen LogP contribution < -0.4 is 19.4 Å². The van der Waals surface area contributed by atoms with E-state index in [0.29, 0.717) is 0 Å². The van der Waals surface area contributed by atoms with Gasteiger partial charge >= 0.3 is 5.82 Å². The van der Waals surface area contributed by atoms with Crippen molar-refractivity contribution in [1.82, 2.24) is 4.68 Å². The Balaban J connectivity index is 1.63. The maximum absolute atomic E-state index is 4.73. The summed E-state index contributed by atoms with van der Waals surface area (Å²) in [6.07, 6.45) is 11.6. The van der Waals surface area contributed by atoms with Crippen LogP contribution in [0.15, 0.2) is 95.4 Å². The van der Waals surface area contributed by atoms with Crippen molar-refractivity contribution < 1.29 is 4.68 Å². The van der Waals surface area contributed by atoms with Crippen LogP contribution in [0.3, 0.4) is 0 Å². The van der Waals surface area contributed by atoms with Gasteiger partial charge in [0.05, 0.1) is 12.4 Å². The van der Waals surface area contributed by atoms with Crippen LogP contribution in [0.2, 0.25) is 0 Å². The molecule has 0 saturated carbocycles. The third kappa shape index (κ3) is 6.76. The summed E-state index contributed by atoms with van der Waals surface area (Å²) in [6, 6.07) is 25.0. The van der Waals surface area contributed by atoms with Crippen LogP contribution in [-0.4, -0.2) is 59.4 Å². The maximum Gasteiger partial charge on any atom is 0.332 e. The lowest BCUT2D eigenvalue weighted by atomic mass is 10.2. The molecule has 1 heterocycles. The van der Waals surface area contributed by atoms with Crippen LogP contribution in [0.4, 0.5) is 17.1 Å². The van der Waals surface area contributed by atoms with Gasteiger partial charge in [-0.25, -0.2) is 0 Å². The monoisotopic (exact) mass is 506 g/mol. The normalized spacial score (nSPS) is 11.6. The van der Waals surface area contributed by atoms with E-state index >= 15 is 0 Å². The van der Waals surface area contributed by atoms with E-state index in [1.807, 2.05) is 82.5 Å². The Kier molecular flexibility index (Phi) is 8.38. The molecular formula is C31H36N7+. The molecule has 0 aliphatic carbocycles. The molecule has 0 saturated heterocycles. The van der Waals surface area contributed by atoms with Crippen molar-refractivity contribution in [2.24, 2.45) is 10.2 Å². The average molecular weight is 507 g/mol. The molecule has 4 aromatic rings. The van der Waals surface area contributed by atoms with Crippen molar-refractivity contribution in [3.05, 3.63) is 108 Å². The largest absolute Gasteiger partial charge is 0.378 e. The summed E-state index contributed by atoms with van der Waals surface area (Å²) >= 11 is 0. The van der Waals surface area contributed by atoms with E-state index in [-0.39, 0.29) is 0 Å². The lowest BCUT2D eigenvalue weighted by Crippen LogP contribution is -2.29. The molecule has 194 valence electrons. The number of benzene rings is 3. The molecule has 4 rings (SSSR count). The summed E-state index contributed by atoms with van der Waals surface area (Å²) in [5, 5.41) is 9.45.